The summed E-state index contributed by atoms with van der Waals surface area (Å²) in [5.41, 5.74) is -1.39. The van der Waals surface area contributed by atoms with Crippen molar-refractivity contribution < 1.29 is 33.4 Å². The molecule has 0 radical (unpaired) electrons. The van der Waals surface area contributed by atoms with E-state index >= 15 is 0 Å². The number of aldehydes is 1. The van der Waals surface area contributed by atoms with E-state index in [4.69, 9.17) is 14.2 Å². The summed E-state index contributed by atoms with van der Waals surface area (Å²) in [5, 5.41) is 0. The molecule has 2 unspecified atom stereocenters. The van der Waals surface area contributed by atoms with Crippen molar-refractivity contribution in [3.8, 4) is 0 Å². The highest BCUT2D eigenvalue weighted by Gasteiger charge is 2.49. The summed E-state index contributed by atoms with van der Waals surface area (Å²) in [5.74, 6) is -4.28. The molecule has 3 heterocycles. The number of hydrogen-bond acceptors (Lipinski definition) is 10. The molecule has 3 fully saturated rings. The Morgan fingerprint density at radius 2 is 0.812 bits per heavy atom. The number of esters is 3. The fraction of sp³-hybridized carbons (Fsp3) is 0.895. The van der Waals surface area contributed by atoms with Crippen LogP contribution in [-0.4, -0.2) is 112 Å². The molecule has 3 saturated heterocycles. The van der Waals surface area contributed by atoms with E-state index in [1.807, 2.05) is 0 Å². The third kappa shape index (κ3) is 9.00. The molecule has 0 bridgehead atoms. The standard InChI is InChI=1S/C38H67N3O7/c1-33(2)19-25(20-34(3,4)39(33)13)46-30(43)18-29(32(45)48-27-23-37(9,10)41(15)38(11,12)24-27)28(16-17-42)31(44)47-26-21-35(5,6)40(14)36(7,8)22-26/h17,25-29H,16,18-24H2,1-15H3. The van der Waals surface area contributed by atoms with E-state index in [1.165, 1.54) is 0 Å². The van der Waals surface area contributed by atoms with Crippen LogP contribution in [0.3, 0.4) is 0 Å². The van der Waals surface area contributed by atoms with E-state index in [9.17, 15) is 19.2 Å². The van der Waals surface area contributed by atoms with Gasteiger partial charge in [-0.1, -0.05) is 0 Å². The molecule has 3 rings (SSSR count). The van der Waals surface area contributed by atoms with Crippen LogP contribution in [0.15, 0.2) is 0 Å². The van der Waals surface area contributed by atoms with E-state index in [0.29, 0.717) is 44.8 Å². The monoisotopic (exact) mass is 677 g/mol. The van der Waals surface area contributed by atoms with Crippen LogP contribution in [0.25, 0.3) is 0 Å². The molecule has 0 saturated carbocycles. The number of likely N-dealkylation sites (tertiary alicyclic amines) is 3. The first-order valence-corrected chi connectivity index (χ1v) is 17.9. The van der Waals surface area contributed by atoms with Gasteiger partial charge in [0.05, 0.1) is 18.3 Å². The summed E-state index contributed by atoms with van der Waals surface area (Å²) in [6, 6.07) is 0. The molecule has 0 aliphatic carbocycles. The van der Waals surface area contributed by atoms with Crippen LogP contribution in [0.2, 0.25) is 0 Å². The van der Waals surface area contributed by atoms with Crippen LogP contribution in [0.4, 0.5) is 0 Å². The van der Waals surface area contributed by atoms with Crippen molar-refractivity contribution in [3.63, 3.8) is 0 Å². The van der Waals surface area contributed by atoms with Gasteiger partial charge >= 0.3 is 17.9 Å². The lowest BCUT2D eigenvalue weighted by atomic mass is 9.78. The van der Waals surface area contributed by atoms with Crippen molar-refractivity contribution in [2.24, 2.45) is 11.8 Å². The van der Waals surface area contributed by atoms with Gasteiger partial charge in [0, 0.05) is 78.2 Å². The third-order valence-electron chi connectivity index (χ3n) is 12.5. The molecule has 3 aliphatic rings. The zero-order chi connectivity index (χ0) is 36.8. The molecule has 0 amide bonds. The lowest BCUT2D eigenvalue weighted by Crippen LogP contribution is -2.61. The molecule has 0 N–H and O–H groups in total. The summed E-state index contributed by atoms with van der Waals surface area (Å²) in [7, 11) is 6.23. The first kappa shape index (κ1) is 40.4. The predicted octanol–water partition coefficient (Wildman–Crippen LogP) is 5.78. The fourth-order valence-corrected chi connectivity index (χ4v) is 8.92. The minimum atomic E-state index is -1.22. The van der Waals surface area contributed by atoms with Crippen molar-refractivity contribution in [2.45, 2.75) is 186 Å². The van der Waals surface area contributed by atoms with Crippen molar-refractivity contribution in [1.82, 2.24) is 14.7 Å². The van der Waals surface area contributed by atoms with E-state index in [1.54, 1.807) is 0 Å². The molecule has 2 atom stereocenters. The highest BCUT2D eigenvalue weighted by Crippen LogP contribution is 2.42. The summed E-state index contributed by atoms with van der Waals surface area (Å²) in [6.45, 7) is 25.4. The summed E-state index contributed by atoms with van der Waals surface area (Å²) in [6.07, 6.45) is 2.48. The van der Waals surface area contributed by atoms with Crippen molar-refractivity contribution in [3.05, 3.63) is 0 Å². The molecule has 276 valence electrons. The molecular weight excluding hydrogens is 610 g/mol. The first-order valence-electron chi connectivity index (χ1n) is 17.9. The van der Waals surface area contributed by atoms with Crippen LogP contribution >= 0.6 is 0 Å². The van der Waals surface area contributed by atoms with Crippen molar-refractivity contribution >= 4 is 24.2 Å². The van der Waals surface area contributed by atoms with Crippen molar-refractivity contribution in [2.75, 3.05) is 21.1 Å². The van der Waals surface area contributed by atoms with E-state index < -0.39 is 42.0 Å². The maximum absolute atomic E-state index is 14.2. The second-order valence-electron chi connectivity index (χ2n) is 18.8. The van der Waals surface area contributed by atoms with Crippen LogP contribution in [0.1, 0.15) is 134 Å². The molecule has 3 aliphatic heterocycles. The van der Waals surface area contributed by atoms with Gasteiger partial charge in [-0.3, -0.25) is 29.1 Å². The SMILES string of the molecule is CN1C(C)(C)CC(OC(=O)CC(C(=O)OC2CC(C)(C)N(C)C(C)(C)C2)C(CC=O)C(=O)OC2CC(C)(C)N(C)C(C)(C)C2)CC1(C)C. The van der Waals surface area contributed by atoms with Gasteiger partial charge in [-0.05, 0) is 104 Å². The number of carbonyl (C=O) groups is 4. The van der Waals surface area contributed by atoms with Crippen LogP contribution in [0, 0.1) is 11.8 Å². The zero-order valence-electron chi connectivity index (χ0n) is 32.8. The Morgan fingerprint density at radius 3 is 1.10 bits per heavy atom. The van der Waals surface area contributed by atoms with Crippen molar-refractivity contribution in [1.29, 1.82) is 0 Å². The van der Waals surface area contributed by atoms with Crippen LogP contribution < -0.4 is 0 Å². The fourth-order valence-electron chi connectivity index (χ4n) is 8.92. The normalized spacial score (nSPS) is 27.4. The first-order chi connectivity index (χ1) is 21.6. The number of ether oxygens (including phenoxy) is 3. The zero-order valence-corrected chi connectivity index (χ0v) is 32.8. The van der Waals surface area contributed by atoms with Gasteiger partial charge in [0.1, 0.15) is 24.6 Å². The average molecular weight is 678 g/mol. The Hall–Kier alpha value is -2.04. The van der Waals surface area contributed by atoms with Gasteiger partial charge in [-0.15, -0.1) is 0 Å². The molecule has 0 aromatic rings. The summed E-state index contributed by atoms with van der Waals surface area (Å²) in [4.78, 5) is 60.8. The average Bonchev–Trinajstić information content (AvgIpc) is 2.89. The minimum Gasteiger partial charge on any atom is -0.462 e. The quantitative estimate of drug-likeness (QED) is 0.161. The van der Waals surface area contributed by atoms with Gasteiger partial charge in [0.15, 0.2) is 0 Å². The van der Waals surface area contributed by atoms with Crippen LogP contribution in [-0.2, 0) is 33.4 Å². The third-order valence-corrected chi connectivity index (χ3v) is 12.5. The highest BCUT2D eigenvalue weighted by atomic mass is 16.6. The largest absolute Gasteiger partial charge is 0.462 e. The molecule has 48 heavy (non-hydrogen) atoms. The molecule has 0 aromatic heterocycles. The Balaban J connectivity index is 1.89. The Kier molecular flexibility index (Phi) is 11.7. The van der Waals surface area contributed by atoms with Crippen LogP contribution in [0.5, 0.6) is 0 Å². The lowest BCUT2D eigenvalue weighted by Gasteiger charge is -2.53. The Morgan fingerprint density at radius 1 is 0.542 bits per heavy atom. The number of piperidine rings is 3. The number of rotatable bonds is 10. The molecule has 10 nitrogen and oxygen atoms in total. The molecule has 10 heteroatoms. The van der Waals surface area contributed by atoms with Gasteiger partial charge in [-0.2, -0.15) is 0 Å². The Bertz CT molecular complexity index is 1150. The lowest BCUT2D eigenvalue weighted by molar-refractivity contribution is -0.180. The highest BCUT2D eigenvalue weighted by molar-refractivity contribution is 5.87. The smallest absolute Gasteiger partial charge is 0.310 e. The number of hydrogen-bond donors (Lipinski definition) is 0. The maximum atomic E-state index is 14.2. The van der Waals surface area contributed by atoms with E-state index in [2.05, 4.69) is 119 Å². The summed E-state index contributed by atoms with van der Waals surface area (Å²) >= 11 is 0. The second kappa shape index (κ2) is 13.9. The van der Waals surface area contributed by atoms with Gasteiger partial charge in [0.25, 0.3) is 0 Å². The number of carbonyl (C=O) groups excluding carboxylic acids is 4. The maximum Gasteiger partial charge on any atom is 0.310 e. The van der Waals surface area contributed by atoms with Gasteiger partial charge < -0.3 is 19.0 Å². The van der Waals surface area contributed by atoms with Gasteiger partial charge in [0.2, 0.25) is 0 Å². The summed E-state index contributed by atoms with van der Waals surface area (Å²) < 4.78 is 18.4. The molecule has 0 aromatic carbocycles. The number of nitrogens with zero attached hydrogens (tertiary/aromatic N) is 3. The Labute approximate surface area is 290 Å². The predicted molar refractivity (Wildman–Crippen MR) is 187 cm³/mol. The molecular formula is C38H67N3O7. The topological polar surface area (TPSA) is 106 Å². The van der Waals surface area contributed by atoms with E-state index in [0.717, 1.165) is 0 Å². The van der Waals surface area contributed by atoms with E-state index in [-0.39, 0.29) is 52.2 Å². The second-order valence-corrected chi connectivity index (χ2v) is 18.8. The van der Waals surface area contributed by atoms with Gasteiger partial charge in [-0.25, -0.2) is 0 Å². The minimum absolute atomic E-state index is 0.210. The molecule has 0 spiro atoms.